The number of alkyl halides is 3. The van der Waals surface area contributed by atoms with E-state index in [0.717, 1.165) is 25.0 Å². The van der Waals surface area contributed by atoms with E-state index in [4.69, 9.17) is 9.31 Å². The molecule has 1 aromatic rings. The molecule has 3 aliphatic carbocycles. The lowest BCUT2D eigenvalue weighted by atomic mass is 9.43. The Morgan fingerprint density at radius 3 is 2.38 bits per heavy atom. The van der Waals surface area contributed by atoms with Crippen LogP contribution < -0.4 is 10.6 Å². The van der Waals surface area contributed by atoms with E-state index in [1.165, 1.54) is 26.0 Å². The predicted octanol–water partition coefficient (Wildman–Crippen LogP) is 5.01. The van der Waals surface area contributed by atoms with Gasteiger partial charge in [-0.25, -0.2) is 0 Å². The van der Waals surface area contributed by atoms with Crippen LogP contribution in [0.1, 0.15) is 83.7 Å². The molecule has 10 heteroatoms. The Morgan fingerprint density at radius 1 is 1.14 bits per heavy atom. The van der Waals surface area contributed by atoms with Gasteiger partial charge in [-0.05, 0) is 75.3 Å². The molecule has 3 saturated carbocycles. The summed E-state index contributed by atoms with van der Waals surface area (Å²) < 4.78 is 53.2. The second kappa shape index (κ2) is 9.29. The molecular formula is C27H38BF3N2O4. The Hall–Kier alpha value is -2.07. The summed E-state index contributed by atoms with van der Waals surface area (Å²) in [4.78, 5) is 26.2. The second-order valence-electron chi connectivity index (χ2n) is 12.7. The number of amides is 2. The molecule has 2 bridgehead atoms. The molecule has 4 fully saturated rings. The number of benzene rings is 1. The number of carbonyl (C=O) groups is 2. The number of halogens is 3. The van der Waals surface area contributed by atoms with Crippen LogP contribution in [-0.2, 0) is 20.3 Å². The lowest BCUT2D eigenvalue weighted by Gasteiger charge is -2.64. The number of nitrogens with one attached hydrogen (secondary N) is 2. The third kappa shape index (κ3) is 5.03. The molecular weight excluding hydrogens is 484 g/mol. The normalized spacial score (nSPS) is 29.4. The minimum atomic E-state index is -4.69. The number of hydrogen-bond donors (Lipinski definition) is 2. The first-order chi connectivity index (χ1) is 17.0. The standard InChI is InChI=1S/C27H38BF3N2O4/c1-15(2)12-21(28-36-20-14-16-13-19(24(16,3)4)26(20,7)37-28)32-23(35)25(5,6)33-22(34)17-10-8-9-11-18(17)27(29,30)31/h8-11,15-16,19-21H,12-14H2,1-7H3,(H,32,35)(H,33,34)/t16-,19-,20+,21-,26-/m0/s1. The molecule has 1 heterocycles. The first-order valence-corrected chi connectivity index (χ1v) is 13.1. The summed E-state index contributed by atoms with van der Waals surface area (Å²) in [5.74, 6) is -0.795. The molecule has 6 nitrogen and oxygen atoms in total. The highest BCUT2D eigenvalue weighted by Gasteiger charge is 2.68. The van der Waals surface area contributed by atoms with Gasteiger partial charge in [0.1, 0.15) is 5.54 Å². The van der Waals surface area contributed by atoms with Gasteiger partial charge in [-0.1, -0.05) is 39.8 Å². The Labute approximate surface area is 217 Å². The zero-order valence-corrected chi connectivity index (χ0v) is 22.7. The summed E-state index contributed by atoms with van der Waals surface area (Å²) in [6, 6.07) is 4.53. The number of hydrogen-bond acceptors (Lipinski definition) is 4. The van der Waals surface area contributed by atoms with Crippen molar-refractivity contribution in [1.29, 1.82) is 0 Å². The van der Waals surface area contributed by atoms with Crippen molar-refractivity contribution in [3.05, 3.63) is 35.4 Å². The van der Waals surface area contributed by atoms with Gasteiger partial charge in [0.05, 0.1) is 28.8 Å². The van der Waals surface area contributed by atoms with Gasteiger partial charge in [0.15, 0.2) is 0 Å². The van der Waals surface area contributed by atoms with Crippen LogP contribution in [-0.4, -0.2) is 42.1 Å². The van der Waals surface area contributed by atoms with Gasteiger partial charge >= 0.3 is 13.3 Å². The van der Waals surface area contributed by atoms with Crippen molar-refractivity contribution in [1.82, 2.24) is 10.6 Å². The van der Waals surface area contributed by atoms with Crippen molar-refractivity contribution in [2.45, 2.75) is 97.1 Å². The zero-order valence-electron chi connectivity index (χ0n) is 22.7. The second-order valence-corrected chi connectivity index (χ2v) is 12.7. The largest absolute Gasteiger partial charge is 0.481 e. The van der Waals surface area contributed by atoms with Gasteiger partial charge in [-0.15, -0.1) is 0 Å². The zero-order chi connectivity index (χ0) is 27.6. The van der Waals surface area contributed by atoms with Gasteiger partial charge in [0.2, 0.25) is 5.91 Å². The molecule has 1 aromatic carbocycles. The highest BCUT2D eigenvalue weighted by atomic mass is 19.4. The van der Waals surface area contributed by atoms with Gasteiger partial charge in [-0.3, -0.25) is 9.59 Å². The van der Waals surface area contributed by atoms with Crippen LogP contribution in [0, 0.1) is 23.2 Å². The molecule has 4 aliphatic rings. The SMILES string of the molecule is CC(C)C[C@H](NC(=O)C(C)(C)NC(=O)c1ccccc1C(F)(F)F)B1O[C@@H]2C[C@@H]3C[C@@H](C3(C)C)[C@]2(C)O1. The third-order valence-electron chi connectivity index (χ3n) is 8.81. The molecule has 2 N–H and O–H groups in total. The smallest absolute Gasteiger partial charge is 0.404 e. The van der Waals surface area contributed by atoms with E-state index >= 15 is 0 Å². The van der Waals surface area contributed by atoms with Crippen molar-refractivity contribution in [3.63, 3.8) is 0 Å². The highest BCUT2D eigenvalue weighted by Crippen LogP contribution is 2.65. The Morgan fingerprint density at radius 2 is 1.78 bits per heavy atom. The summed E-state index contributed by atoms with van der Waals surface area (Å²) >= 11 is 0. The lowest BCUT2D eigenvalue weighted by Crippen LogP contribution is -2.65. The Kier molecular flexibility index (Phi) is 7.02. The average Bonchev–Trinajstić information content (AvgIpc) is 3.14. The van der Waals surface area contributed by atoms with Crippen molar-refractivity contribution in [3.8, 4) is 0 Å². The summed E-state index contributed by atoms with van der Waals surface area (Å²) in [5, 5.41) is 5.47. The van der Waals surface area contributed by atoms with E-state index in [1.54, 1.807) is 0 Å². The quantitative estimate of drug-likeness (QED) is 0.494. The average molecular weight is 522 g/mol. The molecule has 1 saturated heterocycles. The van der Waals surface area contributed by atoms with Crippen molar-refractivity contribution in [2.24, 2.45) is 23.2 Å². The fourth-order valence-electron chi connectivity index (χ4n) is 6.50. The predicted molar refractivity (Wildman–Crippen MR) is 134 cm³/mol. The number of carbonyl (C=O) groups excluding carboxylic acids is 2. The van der Waals surface area contributed by atoms with E-state index in [2.05, 4.69) is 31.4 Å². The van der Waals surface area contributed by atoms with Crippen LogP contribution in [0.2, 0.25) is 0 Å². The van der Waals surface area contributed by atoms with Crippen LogP contribution in [0.15, 0.2) is 24.3 Å². The van der Waals surface area contributed by atoms with Crippen LogP contribution in [0.5, 0.6) is 0 Å². The minimum Gasteiger partial charge on any atom is -0.404 e. The van der Waals surface area contributed by atoms with Gasteiger partial charge in [-0.2, -0.15) is 13.2 Å². The summed E-state index contributed by atoms with van der Waals surface area (Å²) in [7, 11) is -0.644. The molecule has 0 radical (unpaired) electrons. The fourth-order valence-corrected chi connectivity index (χ4v) is 6.50. The van der Waals surface area contributed by atoms with Gasteiger partial charge < -0.3 is 19.9 Å². The van der Waals surface area contributed by atoms with Crippen LogP contribution >= 0.6 is 0 Å². The Balaban J connectivity index is 1.48. The third-order valence-corrected chi connectivity index (χ3v) is 8.81. The molecule has 204 valence electrons. The first-order valence-electron chi connectivity index (χ1n) is 13.1. The van der Waals surface area contributed by atoms with Gasteiger partial charge in [0, 0.05) is 0 Å². The van der Waals surface area contributed by atoms with Crippen molar-refractivity contribution < 1.29 is 32.1 Å². The summed E-state index contributed by atoms with van der Waals surface area (Å²) in [6.45, 7) is 13.7. The van der Waals surface area contributed by atoms with Crippen LogP contribution in [0.3, 0.4) is 0 Å². The van der Waals surface area contributed by atoms with E-state index in [1.807, 2.05) is 13.8 Å². The molecule has 37 heavy (non-hydrogen) atoms. The highest BCUT2D eigenvalue weighted by molar-refractivity contribution is 6.48. The molecule has 1 aliphatic heterocycles. The molecule has 0 spiro atoms. The molecule has 2 amide bonds. The minimum absolute atomic E-state index is 0.0487. The summed E-state index contributed by atoms with van der Waals surface area (Å²) in [6.07, 6.45) is -2.14. The molecule has 5 atom stereocenters. The topological polar surface area (TPSA) is 76.7 Å². The lowest BCUT2D eigenvalue weighted by molar-refractivity contribution is -0.199. The van der Waals surface area contributed by atoms with Gasteiger partial charge in [0.25, 0.3) is 5.91 Å². The molecule has 0 unspecified atom stereocenters. The van der Waals surface area contributed by atoms with Crippen LogP contribution in [0.25, 0.3) is 0 Å². The number of rotatable bonds is 7. The Bertz CT molecular complexity index is 1060. The molecule has 0 aromatic heterocycles. The van der Waals surface area contributed by atoms with Crippen molar-refractivity contribution in [2.75, 3.05) is 0 Å². The maximum Gasteiger partial charge on any atom is 0.481 e. The van der Waals surface area contributed by atoms with Crippen LogP contribution in [0.4, 0.5) is 13.2 Å². The van der Waals surface area contributed by atoms with E-state index in [-0.39, 0.29) is 17.4 Å². The molecule has 5 rings (SSSR count). The van der Waals surface area contributed by atoms with E-state index in [9.17, 15) is 22.8 Å². The maximum absolute atomic E-state index is 13.4. The maximum atomic E-state index is 13.4. The van der Waals surface area contributed by atoms with E-state index in [0.29, 0.717) is 18.3 Å². The fraction of sp³-hybridized carbons (Fsp3) is 0.704. The monoisotopic (exact) mass is 522 g/mol. The van der Waals surface area contributed by atoms with E-state index < -0.39 is 53.3 Å². The first kappa shape index (κ1) is 28.0. The summed E-state index contributed by atoms with van der Waals surface area (Å²) in [5.41, 5.74) is -3.32. The van der Waals surface area contributed by atoms with Crippen molar-refractivity contribution >= 4 is 18.9 Å².